The predicted molar refractivity (Wildman–Crippen MR) is 259 cm³/mol. The summed E-state index contributed by atoms with van der Waals surface area (Å²) < 4.78 is 72.0. The molecule has 0 atom stereocenters. The third kappa shape index (κ3) is 10.5. The number of aromatic nitrogens is 1. The molecule has 3 N–H and O–H groups in total. The fourth-order valence-electron chi connectivity index (χ4n) is 10.1. The van der Waals surface area contributed by atoms with Gasteiger partial charge in [-0.25, -0.2) is 17.5 Å². The van der Waals surface area contributed by atoms with E-state index in [0.717, 1.165) is 83.7 Å². The molecule has 4 aliphatic rings. The van der Waals surface area contributed by atoms with Gasteiger partial charge in [-0.1, -0.05) is 43.2 Å². The highest BCUT2D eigenvalue weighted by atomic mass is 35.5. The van der Waals surface area contributed by atoms with Gasteiger partial charge in [0.25, 0.3) is 21.6 Å². The van der Waals surface area contributed by atoms with Gasteiger partial charge in [-0.3, -0.25) is 24.7 Å². The fourth-order valence-corrected chi connectivity index (χ4v) is 11.2. The molecule has 2 aliphatic carbocycles. The van der Waals surface area contributed by atoms with Gasteiger partial charge in [0.15, 0.2) is 11.6 Å². The van der Waals surface area contributed by atoms with Gasteiger partial charge in [-0.2, -0.15) is 4.39 Å². The van der Waals surface area contributed by atoms with Crippen molar-refractivity contribution >= 4 is 61.1 Å². The number of amides is 1. The molecule has 360 valence electrons. The number of carbonyl (C=O) groups is 1. The van der Waals surface area contributed by atoms with Crippen LogP contribution in [0.2, 0.25) is 5.02 Å². The third-order valence-electron chi connectivity index (χ3n) is 14.0. The first-order valence-electron chi connectivity index (χ1n) is 23.3. The minimum absolute atomic E-state index is 0.0457. The Morgan fingerprint density at radius 2 is 1.66 bits per heavy atom. The van der Waals surface area contributed by atoms with Gasteiger partial charge in [0.05, 0.1) is 34.1 Å². The highest BCUT2D eigenvalue weighted by molar-refractivity contribution is 7.90. The van der Waals surface area contributed by atoms with E-state index in [4.69, 9.17) is 21.1 Å². The minimum Gasteiger partial charge on any atom is -0.453 e. The van der Waals surface area contributed by atoms with Crippen molar-refractivity contribution in [2.45, 2.75) is 75.8 Å². The summed E-state index contributed by atoms with van der Waals surface area (Å²) in [5.74, 6) is -4.35. The molecule has 5 aromatic rings. The standard InChI is InChI=1S/C50H56ClF2N7O7S/c1-50(2)17-15-34(41(30-50)32-3-5-35(51)6-4-32)31-57-19-21-58(22-20-57)38-11-13-40(44(28-38)67-45-27-33-16-18-54-48(33)47(53)46(45)52)49(61)56-68(64,65)39-12-14-42(43(29-39)60(62)63)55-36-7-9-37(10-8-36)59-23-25-66-26-24-59/h3-6,11-14,16,18,27-29,36-37,54-55H,7-10,15,17,19-26,30-31H2,1-2H3,(H,56,61). The number of nitro benzene ring substituents is 1. The van der Waals surface area contributed by atoms with Crippen molar-refractivity contribution in [1.82, 2.24) is 19.5 Å². The van der Waals surface area contributed by atoms with Crippen LogP contribution >= 0.6 is 11.6 Å². The Balaban J connectivity index is 0.927. The average Bonchev–Trinajstić information content (AvgIpc) is 3.81. The molecule has 68 heavy (non-hydrogen) atoms. The van der Waals surface area contributed by atoms with Crippen LogP contribution in [-0.2, 0) is 14.8 Å². The third-order valence-corrected chi connectivity index (χ3v) is 15.6. The molecule has 1 saturated carbocycles. The lowest BCUT2D eigenvalue weighted by Crippen LogP contribution is -2.47. The van der Waals surface area contributed by atoms with E-state index in [-0.39, 0.29) is 34.0 Å². The van der Waals surface area contributed by atoms with E-state index in [9.17, 15) is 23.3 Å². The average molecular weight is 973 g/mol. The Kier molecular flexibility index (Phi) is 13.8. The number of fused-ring (bicyclic) bond motifs is 1. The number of halogens is 3. The maximum absolute atomic E-state index is 15.6. The summed E-state index contributed by atoms with van der Waals surface area (Å²) in [6.45, 7) is 11.2. The van der Waals surface area contributed by atoms with Crippen molar-refractivity contribution in [2.75, 3.05) is 69.2 Å². The quantitative estimate of drug-likeness (QED) is 0.0761. The summed E-state index contributed by atoms with van der Waals surface area (Å²) in [7, 11) is -4.71. The SMILES string of the molecule is CC1(C)CCC(CN2CCN(c3ccc(C(=O)NS(=O)(=O)c4ccc(NC5CCC(N6CCOCC6)CC5)c([N+](=O)[O-])c4)c(Oc4cc5cc[nH]c5c(F)c4F)c3)CC2)=C(c2ccc(Cl)cc2)C1. The van der Waals surface area contributed by atoms with E-state index < -0.39 is 48.8 Å². The minimum atomic E-state index is -4.71. The molecule has 4 aromatic carbocycles. The normalized spacial score (nSPS) is 20.6. The monoisotopic (exact) mass is 971 g/mol. The summed E-state index contributed by atoms with van der Waals surface area (Å²) in [6, 6.07) is 19.3. The summed E-state index contributed by atoms with van der Waals surface area (Å²) in [4.78, 5) is 34.8. The summed E-state index contributed by atoms with van der Waals surface area (Å²) in [6.07, 6.45) is 7.91. The molecule has 3 heterocycles. The zero-order valence-electron chi connectivity index (χ0n) is 38.2. The second kappa shape index (κ2) is 19.8. The van der Waals surface area contributed by atoms with Crippen LogP contribution in [0.5, 0.6) is 11.5 Å². The zero-order chi connectivity index (χ0) is 47.7. The topological polar surface area (TPSA) is 162 Å². The van der Waals surface area contributed by atoms with E-state index in [1.807, 2.05) is 16.9 Å². The number of H-pyrrole nitrogens is 1. The number of ether oxygens (including phenoxy) is 2. The summed E-state index contributed by atoms with van der Waals surface area (Å²) >= 11 is 6.24. The Morgan fingerprint density at radius 3 is 2.38 bits per heavy atom. The number of nitro groups is 1. The molecule has 1 amide bonds. The van der Waals surface area contributed by atoms with Crippen LogP contribution in [0.15, 0.2) is 89.5 Å². The number of allylic oxidation sites excluding steroid dienone is 1. The van der Waals surface area contributed by atoms with E-state index in [2.05, 4.69) is 51.0 Å². The van der Waals surface area contributed by atoms with Crippen LogP contribution in [0.1, 0.15) is 74.7 Å². The number of rotatable bonds is 13. The number of anilines is 2. The molecule has 0 unspecified atom stereocenters. The molecular formula is C50H56ClF2N7O7S. The van der Waals surface area contributed by atoms with Gasteiger partial charge in [0, 0.05) is 92.3 Å². The summed E-state index contributed by atoms with van der Waals surface area (Å²) in [5, 5.41) is 16.6. The molecule has 2 saturated heterocycles. The van der Waals surface area contributed by atoms with Gasteiger partial charge >= 0.3 is 0 Å². The van der Waals surface area contributed by atoms with E-state index in [0.29, 0.717) is 48.4 Å². The van der Waals surface area contributed by atoms with Crippen LogP contribution in [-0.4, -0.2) is 105 Å². The lowest BCUT2D eigenvalue weighted by atomic mass is 9.72. The fraction of sp³-hybridized carbons (Fsp3) is 0.420. The number of morpholine rings is 1. The molecule has 0 radical (unpaired) electrons. The first-order chi connectivity index (χ1) is 32.6. The van der Waals surface area contributed by atoms with Crippen LogP contribution < -0.4 is 19.7 Å². The maximum atomic E-state index is 15.6. The first-order valence-corrected chi connectivity index (χ1v) is 25.1. The molecular weight excluding hydrogens is 916 g/mol. The van der Waals surface area contributed by atoms with E-state index in [1.165, 1.54) is 53.2 Å². The second-order valence-electron chi connectivity index (χ2n) is 19.1. The first kappa shape index (κ1) is 47.5. The highest BCUT2D eigenvalue weighted by Crippen LogP contribution is 2.44. The molecule has 0 spiro atoms. The number of piperazine rings is 1. The van der Waals surface area contributed by atoms with Crippen LogP contribution in [0.4, 0.5) is 25.8 Å². The number of sulfonamides is 1. The largest absolute Gasteiger partial charge is 0.453 e. The molecule has 2 aliphatic heterocycles. The molecule has 9 rings (SSSR count). The predicted octanol–water partition coefficient (Wildman–Crippen LogP) is 9.76. The van der Waals surface area contributed by atoms with Crippen LogP contribution in [0, 0.1) is 27.2 Å². The second-order valence-corrected chi connectivity index (χ2v) is 21.2. The molecule has 18 heteroatoms. The van der Waals surface area contributed by atoms with Crippen LogP contribution in [0.3, 0.4) is 0 Å². The smallest absolute Gasteiger partial charge is 0.293 e. The van der Waals surface area contributed by atoms with Crippen molar-refractivity contribution in [2.24, 2.45) is 5.41 Å². The van der Waals surface area contributed by atoms with Crippen molar-refractivity contribution in [1.29, 1.82) is 0 Å². The van der Waals surface area contributed by atoms with E-state index in [1.54, 1.807) is 12.1 Å². The number of carbonyl (C=O) groups excluding carboxylic acids is 1. The maximum Gasteiger partial charge on any atom is 0.293 e. The number of aromatic amines is 1. The van der Waals surface area contributed by atoms with Gasteiger partial charge in [0.1, 0.15) is 11.4 Å². The lowest BCUT2D eigenvalue weighted by molar-refractivity contribution is -0.384. The van der Waals surface area contributed by atoms with Gasteiger partial charge in [-0.05, 0) is 110 Å². The van der Waals surface area contributed by atoms with Crippen molar-refractivity contribution in [3.63, 3.8) is 0 Å². The van der Waals surface area contributed by atoms with Crippen molar-refractivity contribution in [3.8, 4) is 11.5 Å². The number of nitrogens with one attached hydrogen (secondary N) is 3. The van der Waals surface area contributed by atoms with Crippen LogP contribution in [0.25, 0.3) is 16.5 Å². The number of nitrogens with zero attached hydrogens (tertiary/aromatic N) is 4. The lowest BCUT2D eigenvalue weighted by Gasteiger charge is -2.39. The molecule has 3 fully saturated rings. The zero-order valence-corrected chi connectivity index (χ0v) is 39.7. The van der Waals surface area contributed by atoms with Crippen molar-refractivity contribution in [3.05, 3.63) is 122 Å². The summed E-state index contributed by atoms with van der Waals surface area (Å²) in [5.41, 5.74) is 4.13. The Hall–Kier alpha value is -5.59. The highest BCUT2D eigenvalue weighted by Gasteiger charge is 2.32. The van der Waals surface area contributed by atoms with Gasteiger partial charge in [0.2, 0.25) is 5.82 Å². The number of hydrogen-bond donors (Lipinski definition) is 3. The Morgan fingerprint density at radius 1 is 0.926 bits per heavy atom. The van der Waals surface area contributed by atoms with Crippen molar-refractivity contribution < 1.29 is 36.4 Å². The number of hydrogen-bond acceptors (Lipinski definition) is 11. The van der Waals surface area contributed by atoms with E-state index >= 15 is 8.78 Å². The van der Waals surface area contributed by atoms with Gasteiger partial charge < -0.3 is 24.7 Å². The molecule has 0 bridgehead atoms. The Labute approximate surface area is 399 Å². The van der Waals surface area contributed by atoms with Gasteiger partial charge in [-0.15, -0.1) is 0 Å². The molecule has 14 nitrogen and oxygen atoms in total. The molecule has 1 aromatic heterocycles. The number of benzene rings is 4. The Bertz CT molecular complexity index is 2840.